The van der Waals surface area contributed by atoms with Crippen LogP contribution in [0.3, 0.4) is 0 Å². The molecule has 1 aromatic carbocycles. The molecule has 6 heteroatoms. The molecular weight excluding hydrogens is 262 g/mol. The third kappa shape index (κ3) is 2.59. The molecule has 6 nitrogen and oxygen atoms in total. The summed E-state index contributed by atoms with van der Waals surface area (Å²) < 4.78 is 20.7. The Kier molecular flexibility index (Phi) is 4.24. The van der Waals surface area contributed by atoms with E-state index in [2.05, 4.69) is 4.98 Å². The summed E-state index contributed by atoms with van der Waals surface area (Å²) in [6.07, 6.45) is 1.19. The van der Waals surface area contributed by atoms with E-state index in [-0.39, 0.29) is 12.3 Å². The Balaban J connectivity index is 2.51. The molecule has 0 radical (unpaired) electrons. The molecule has 0 aliphatic heterocycles. The summed E-state index contributed by atoms with van der Waals surface area (Å²) in [6.45, 7) is 1.99. The highest BCUT2D eigenvalue weighted by Crippen LogP contribution is 2.35. The van der Waals surface area contributed by atoms with Crippen molar-refractivity contribution in [3.63, 3.8) is 0 Å². The minimum Gasteiger partial charge on any atom is -0.497 e. The van der Waals surface area contributed by atoms with Crippen molar-refractivity contribution < 1.29 is 23.4 Å². The maximum Gasteiger partial charge on any atom is 0.360 e. The van der Waals surface area contributed by atoms with Gasteiger partial charge in [-0.05, 0) is 25.1 Å². The Morgan fingerprint density at radius 3 is 2.75 bits per heavy atom. The van der Waals surface area contributed by atoms with Crippen molar-refractivity contribution in [2.24, 2.45) is 0 Å². The fourth-order valence-electron chi connectivity index (χ4n) is 1.77. The Morgan fingerprint density at radius 1 is 1.30 bits per heavy atom. The molecule has 20 heavy (non-hydrogen) atoms. The lowest BCUT2D eigenvalue weighted by molar-refractivity contribution is 0.0520. The fourth-order valence-corrected chi connectivity index (χ4v) is 1.77. The van der Waals surface area contributed by atoms with Gasteiger partial charge in [-0.15, -0.1) is 0 Å². The Bertz CT molecular complexity index is 605. The van der Waals surface area contributed by atoms with Crippen LogP contribution >= 0.6 is 0 Å². The van der Waals surface area contributed by atoms with Gasteiger partial charge in [0.15, 0.2) is 17.8 Å². The largest absolute Gasteiger partial charge is 0.497 e. The SMILES string of the molecule is CCOC(=O)c1ncoc1-c1cc(OC)ccc1OC. The van der Waals surface area contributed by atoms with E-state index in [1.54, 1.807) is 32.2 Å². The number of nitrogens with zero attached hydrogens (tertiary/aromatic N) is 1. The Labute approximate surface area is 116 Å². The second kappa shape index (κ2) is 6.10. The standard InChI is InChI=1S/C14H15NO5/c1-4-19-14(16)12-13(20-8-15-12)10-7-9(17-2)5-6-11(10)18-3/h5-8H,4H2,1-3H3. The molecule has 1 heterocycles. The molecule has 0 saturated heterocycles. The molecular formula is C14H15NO5. The van der Waals surface area contributed by atoms with Crippen LogP contribution in [-0.4, -0.2) is 31.8 Å². The average molecular weight is 277 g/mol. The summed E-state index contributed by atoms with van der Waals surface area (Å²) in [5.74, 6) is 0.917. The van der Waals surface area contributed by atoms with Gasteiger partial charge >= 0.3 is 5.97 Å². The van der Waals surface area contributed by atoms with Crippen LogP contribution in [0.15, 0.2) is 29.0 Å². The third-order valence-corrected chi connectivity index (χ3v) is 2.69. The second-order valence-corrected chi connectivity index (χ2v) is 3.82. The van der Waals surface area contributed by atoms with Crippen LogP contribution in [0.2, 0.25) is 0 Å². The van der Waals surface area contributed by atoms with Crippen LogP contribution in [0, 0.1) is 0 Å². The zero-order valence-electron chi connectivity index (χ0n) is 11.5. The molecule has 0 N–H and O–H groups in total. The van der Waals surface area contributed by atoms with Crippen LogP contribution < -0.4 is 9.47 Å². The first-order chi connectivity index (χ1) is 9.71. The minimum absolute atomic E-state index is 0.110. The number of carbonyl (C=O) groups is 1. The number of carbonyl (C=O) groups excluding carboxylic acids is 1. The summed E-state index contributed by atoms with van der Waals surface area (Å²) in [7, 11) is 3.09. The number of methoxy groups -OCH3 is 2. The molecule has 0 spiro atoms. The lowest BCUT2D eigenvalue weighted by atomic mass is 10.1. The molecule has 0 aliphatic rings. The highest BCUT2D eigenvalue weighted by atomic mass is 16.5. The summed E-state index contributed by atoms with van der Waals surface area (Å²) in [4.78, 5) is 15.7. The van der Waals surface area contributed by atoms with E-state index >= 15 is 0 Å². The van der Waals surface area contributed by atoms with Gasteiger partial charge < -0.3 is 18.6 Å². The second-order valence-electron chi connectivity index (χ2n) is 3.82. The molecule has 0 saturated carbocycles. The molecule has 2 rings (SSSR count). The fraction of sp³-hybridized carbons (Fsp3) is 0.286. The molecule has 0 atom stereocenters. The monoisotopic (exact) mass is 277 g/mol. The van der Waals surface area contributed by atoms with E-state index in [1.165, 1.54) is 13.5 Å². The van der Waals surface area contributed by atoms with Crippen molar-refractivity contribution in [3.05, 3.63) is 30.3 Å². The van der Waals surface area contributed by atoms with Crippen molar-refractivity contribution in [2.75, 3.05) is 20.8 Å². The van der Waals surface area contributed by atoms with Gasteiger partial charge in [0.2, 0.25) is 0 Å². The predicted octanol–water partition coefficient (Wildman–Crippen LogP) is 2.54. The van der Waals surface area contributed by atoms with Crippen molar-refractivity contribution in [2.45, 2.75) is 6.92 Å². The van der Waals surface area contributed by atoms with Crippen molar-refractivity contribution in [1.82, 2.24) is 4.98 Å². The van der Waals surface area contributed by atoms with Crippen LogP contribution in [0.25, 0.3) is 11.3 Å². The quantitative estimate of drug-likeness (QED) is 0.782. The molecule has 0 unspecified atom stereocenters. The normalized spacial score (nSPS) is 10.2. The van der Waals surface area contributed by atoms with Gasteiger partial charge in [0.1, 0.15) is 11.5 Å². The lowest BCUT2D eigenvalue weighted by Gasteiger charge is -2.09. The van der Waals surface area contributed by atoms with Crippen LogP contribution in [0.5, 0.6) is 11.5 Å². The predicted molar refractivity (Wildman–Crippen MR) is 71.0 cm³/mol. The highest BCUT2D eigenvalue weighted by molar-refractivity contribution is 5.94. The molecule has 0 bridgehead atoms. The van der Waals surface area contributed by atoms with Gasteiger partial charge in [0, 0.05) is 0 Å². The summed E-state index contributed by atoms with van der Waals surface area (Å²) in [5, 5.41) is 0. The summed E-state index contributed by atoms with van der Waals surface area (Å²) >= 11 is 0. The van der Waals surface area contributed by atoms with Crippen LogP contribution in [0.4, 0.5) is 0 Å². The van der Waals surface area contributed by atoms with Crippen molar-refractivity contribution >= 4 is 5.97 Å². The van der Waals surface area contributed by atoms with E-state index in [1.807, 2.05) is 0 Å². The van der Waals surface area contributed by atoms with E-state index < -0.39 is 5.97 Å². The maximum atomic E-state index is 11.8. The summed E-state index contributed by atoms with van der Waals surface area (Å²) in [5.41, 5.74) is 0.686. The molecule has 0 amide bonds. The zero-order valence-corrected chi connectivity index (χ0v) is 11.5. The van der Waals surface area contributed by atoms with E-state index in [9.17, 15) is 4.79 Å². The van der Waals surface area contributed by atoms with Gasteiger partial charge in [-0.2, -0.15) is 0 Å². The number of aromatic nitrogens is 1. The number of esters is 1. The van der Waals surface area contributed by atoms with Gasteiger partial charge in [0.25, 0.3) is 0 Å². The third-order valence-electron chi connectivity index (χ3n) is 2.69. The first kappa shape index (κ1) is 13.9. The van der Waals surface area contributed by atoms with Crippen molar-refractivity contribution in [3.8, 4) is 22.8 Å². The Hall–Kier alpha value is -2.50. The van der Waals surface area contributed by atoms with E-state index in [4.69, 9.17) is 18.6 Å². The van der Waals surface area contributed by atoms with Gasteiger partial charge in [-0.3, -0.25) is 0 Å². The van der Waals surface area contributed by atoms with Crippen molar-refractivity contribution in [1.29, 1.82) is 0 Å². The minimum atomic E-state index is -0.541. The van der Waals surface area contributed by atoms with Gasteiger partial charge in [-0.25, -0.2) is 9.78 Å². The summed E-state index contributed by atoms with van der Waals surface area (Å²) in [6, 6.07) is 5.19. The lowest BCUT2D eigenvalue weighted by Crippen LogP contribution is -2.06. The molecule has 2 aromatic rings. The topological polar surface area (TPSA) is 70.8 Å². The number of rotatable bonds is 5. The number of benzene rings is 1. The highest BCUT2D eigenvalue weighted by Gasteiger charge is 2.22. The molecule has 106 valence electrons. The zero-order chi connectivity index (χ0) is 14.5. The molecule has 0 aliphatic carbocycles. The van der Waals surface area contributed by atoms with Crippen LogP contribution in [0.1, 0.15) is 17.4 Å². The number of oxazole rings is 1. The number of ether oxygens (including phenoxy) is 3. The average Bonchev–Trinajstić information content (AvgIpc) is 2.96. The van der Waals surface area contributed by atoms with E-state index in [0.29, 0.717) is 22.8 Å². The first-order valence-corrected chi connectivity index (χ1v) is 6.04. The van der Waals surface area contributed by atoms with Crippen LogP contribution in [-0.2, 0) is 4.74 Å². The number of hydrogen-bond acceptors (Lipinski definition) is 6. The molecule has 0 fully saturated rings. The molecule has 1 aromatic heterocycles. The first-order valence-electron chi connectivity index (χ1n) is 6.04. The number of hydrogen-bond donors (Lipinski definition) is 0. The maximum absolute atomic E-state index is 11.8. The van der Waals surface area contributed by atoms with Gasteiger partial charge in [0.05, 0.1) is 26.4 Å². The van der Waals surface area contributed by atoms with E-state index in [0.717, 1.165) is 0 Å². The van der Waals surface area contributed by atoms with Gasteiger partial charge in [-0.1, -0.05) is 0 Å². The smallest absolute Gasteiger partial charge is 0.360 e. The Morgan fingerprint density at radius 2 is 2.10 bits per heavy atom.